The summed E-state index contributed by atoms with van der Waals surface area (Å²) in [5.41, 5.74) is 4.30. The summed E-state index contributed by atoms with van der Waals surface area (Å²) >= 11 is 0. The lowest BCUT2D eigenvalue weighted by Crippen LogP contribution is -2.05. The van der Waals surface area contributed by atoms with Crippen molar-refractivity contribution in [3.63, 3.8) is 0 Å². The SMILES string of the molecule is Fc1ccc(N(F)F)c(F)c1F.N#Cc1c(F)c(F)c(N)c(F)c1F.Nc1c(F)c(F)cc(F)c1F. The molecular weight excluding hydrogens is 531 g/mol. The van der Waals surface area contributed by atoms with Gasteiger partial charge in [0.05, 0.1) is 0 Å². The minimum atomic E-state index is -1.91. The lowest BCUT2D eigenvalue weighted by molar-refractivity contribution is 0.229. The molecule has 0 aliphatic carbocycles. The summed E-state index contributed by atoms with van der Waals surface area (Å²) in [4.78, 5) is 0. The average Bonchev–Trinajstić information content (AvgIpc) is 2.83. The number of anilines is 3. The fraction of sp³-hybridized carbons (Fsp3) is 0. The van der Waals surface area contributed by atoms with Gasteiger partial charge in [0, 0.05) is 6.07 Å². The van der Waals surface area contributed by atoms with Crippen LogP contribution in [0.4, 0.5) is 74.3 Å². The molecule has 0 fully saturated rings. The zero-order valence-electron chi connectivity index (χ0n) is 16.7. The van der Waals surface area contributed by atoms with Crippen molar-refractivity contribution in [2.75, 3.05) is 16.8 Å². The molecule has 0 bridgehead atoms. The molecule has 4 nitrogen and oxygen atoms in total. The molecule has 0 atom stereocenters. The van der Waals surface area contributed by atoms with Crippen LogP contribution in [0.5, 0.6) is 0 Å². The van der Waals surface area contributed by atoms with E-state index >= 15 is 0 Å². The van der Waals surface area contributed by atoms with Gasteiger partial charge in [-0.2, -0.15) is 5.26 Å². The summed E-state index contributed by atoms with van der Waals surface area (Å²) in [6.07, 6.45) is 0. The molecule has 3 aromatic carbocycles. The Balaban J connectivity index is 0.000000271. The fourth-order valence-corrected chi connectivity index (χ4v) is 1.98. The van der Waals surface area contributed by atoms with Crippen LogP contribution in [0.3, 0.4) is 0 Å². The normalized spacial score (nSPS) is 10.0. The second-order valence-corrected chi connectivity index (χ2v) is 5.97. The van der Waals surface area contributed by atoms with Crippen molar-refractivity contribution in [3.05, 3.63) is 87.8 Å². The molecule has 0 amide bonds. The Hall–Kier alpha value is -4.36. The van der Waals surface area contributed by atoms with Gasteiger partial charge in [-0.05, 0) is 17.5 Å². The summed E-state index contributed by atoms with van der Waals surface area (Å²) in [5.74, 6) is -18.5. The Labute approximate surface area is 191 Å². The van der Waals surface area contributed by atoms with Gasteiger partial charge in [0.25, 0.3) is 0 Å². The fourth-order valence-electron chi connectivity index (χ4n) is 1.98. The quantitative estimate of drug-likeness (QED) is 0.127. The van der Waals surface area contributed by atoms with Gasteiger partial charge >= 0.3 is 0 Å². The van der Waals surface area contributed by atoms with Crippen LogP contribution in [0, 0.1) is 75.3 Å². The molecule has 3 aromatic rings. The van der Waals surface area contributed by atoms with Gasteiger partial charge in [-0.25, -0.2) is 48.3 Å². The van der Waals surface area contributed by atoms with Crippen LogP contribution >= 0.6 is 0 Å². The van der Waals surface area contributed by atoms with Gasteiger partial charge in [0.15, 0.2) is 64.0 Å². The first-order valence-corrected chi connectivity index (χ1v) is 8.43. The number of nitrogens with zero attached hydrogens (tertiary/aromatic N) is 2. The molecule has 0 spiro atoms. The Kier molecular flexibility index (Phi) is 9.78. The molecule has 0 heterocycles. The van der Waals surface area contributed by atoms with Crippen molar-refractivity contribution in [3.8, 4) is 6.07 Å². The summed E-state index contributed by atoms with van der Waals surface area (Å²) in [6.45, 7) is 0. The molecule has 0 saturated heterocycles. The van der Waals surface area contributed by atoms with Crippen molar-refractivity contribution < 1.29 is 57.3 Å². The van der Waals surface area contributed by atoms with E-state index < -0.39 is 92.0 Å². The third-order valence-electron chi connectivity index (χ3n) is 3.75. The lowest BCUT2D eigenvalue weighted by Gasteiger charge is -2.03. The van der Waals surface area contributed by atoms with Crippen LogP contribution in [-0.2, 0) is 0 Å². The standard InChI is InChI=1S/C7H2F4N2.C6H2F5N.C6H3F4N/c8-3-2(1-12)4(9)6(11)7(13)5(3)10;7-3-1-2-4(12(10)11)6(9)5(3)8;7-2-1-3(8)5(10)6(11)4(2)9/h13H2;1-2H;1H,11H2. The third kappa shape index (κ3) is 6.20. The molecule has 0 saturated carbocycles. The van der Waals surface area contributed by atoms with Gasteiger partial charge in [-0.15, -0.1) is 0 Å². The monoisotopic (exact) mass is 538 g/mol. The Morgan fingerprint density at radius 1 is 0.556 bits per heavy atom. The molecule has 0 radical (unpaired) electrons. The topological polar surface area (TPSA) is 79.1 Å². The summed E-state index contributed by atoms with van der Waals surface area (Å²) in [5, 5.41) is 6.51. The number of rotatable bonds is 1. The highest BCUT2D eigenvalue weighted by molar-refractivity contribution is 5.48. The van der Waals surface area contributed by atoms with Crippen LogP contribution in [0.25, 0.3) is 0 Å². The van der Waals surface area contributed by atoms with Crippen LogP contribution in [-0.4, -0.2) is 0 Å². The van der Waals surface area contributed by atoms with Crippen molar-refractivity contribution in [2.45, 2.75) is 0 Å². The first kappa shape index (κ1) is 29.7. The molecule has 0 aliphatic heterocycles. The molecule has 0 aliphatic rings. The number of hydrogen-bond donors (Lipinski definition) is 2. The Morgan fingerprint density at radius 2 is 0.972 bits per heavy atom. The first-order chi connectivity index (χ1) is 16.6. The predicted octanol–water partition coefficient (Wildman–Crippen LogP) is 6.20. The smallest absolute Gasteiger partial charge is 0.196 e. The van der Waals surface area contributed by atoms with Crippen molar-refractivity contribution in [1.29, 1.82) is 5.26 Å². The van der Waals surface area contributed by atoms with E-state index in [1.165, 1.54) is 0 Å². The molecule has 0 unspecified atom stereocenters. The zero-order valence-corrected chi connectivity index (χ0v) is 16.7. The minimum absolute atomic E-state index is 0.0982. The lowest BCUT2D eigenvalue weighted by atomic mass is 10.1. The third-order valence-corrected chi connectivity index (χ3v) is 3.75. The van der Waals surface area contributed by atoms with Crippen molar-refractivity contribution in [1.82, 2.24) is 0 Å². The highest BCUT2D eigenvalue weighted by Gasteiger charge is 2.23. The molecule has 4 N–H and O–H groups in total. The summed E-state index contributed by atoms with van der Waals surface area (Å²) in [6, 6.07) is 1.94. The van der Waals surface area contributed by atoms with E-state index in [9.17, 15) is 57.3 Å². The Morgan fingerprint density at radius 3 is 1.36 bits per heavy atom. The number of nitrogen functional groups attached to an aromatic ring is 2. The van der Waals surface area contributed by atoms with E-state index in [1.807, 2.05) is 0 Å². The van der Waals surface area contributed by atoms with E-state index in [-0.39, 0.29) is 6.07 Å². The van der Waals surface area contributed by atoms with Gasteiger partial charge in [-0.1, -0.05) is 8.96 Å². The Bertz CT molecular complexity index is 1270. The largest absolute Gasteiger partial charge is 0.394 e. The summed E-state index contributed by atoms with van der Waals surface area (Å²) in [7, 11) is 0. The van der Waals surface area contributed by atoms with Gasteiger partial charge < -0.3 is 11.5 Å². The number of halogens is 13. The maximum atomic E-state index is 12.6. The first-order valence-electron chi connectivity index (χ1n) is 8.43. The average molecular weight is 538 g/mol. The molecule has 194 valence electrons. The van der Waals surface area contributed by atoms with Crippen LogP contribution < -0.4 is 16.8 Å². The van der Waals surface area contributed by atoms with Crippen LogP contribution in [0.15, 0.2) is 18.2 Å². The van der Waals surface area contributed by atoms with E-state index in [4.69, 9.17) is 5.26 Å². The van der Waals surface area contributed by atoms with Gasteiger partial charge in [0.2, 0.25) is 0 Å². The second-order valence-electron chi connectivity index (χ2n) is 5.97. The predicted molar refractivity (Wildman–Crippen MR) is 97.1 cm³/mol. The number of benzene rings is 3. The molecular formula is C19H7F13N4. The summed E-state index contributed by atoms with van der Waals surface area (Å²) < 4.78 is 159. The maximum Gasteiger partial charge on any atom is 0.196 e. The minimum Gasteiger partial charge on any atom is -0.394 e. The van der Waals surface area contributed by atoms with Crippen LogP contribution in [0.2, 0.25) is 0 Å². The molecule has 3 rings (SSSR count). The molecule has 0 aromatic heterocycles. The van der Waals surface area contributed by atoms with Crippen molar-refractivity contribution >= 4 is 17.1 Å². The van der Waals surface area contributed by atoms with E-state index in [1.54, 1.807) is 0 Å². The van der Waals surface area contributed by atoms with Crippen LogP contribution in [0.1, 0.15) is 5.56 Å². The number of nitriles is 1. The second kappa shape index (κ2) is 11.9. The molecule has 36 heavy (non-hydrogen) atoms. The molecule has 17 heteroatoms. The van der Waals surface area contributed by atoms with Gasteiger partial charge in [-0.3, -0.25) is 0 Å². The van der Waals surface area contributed by atoms with E-state index in [0.29, 0.717) is 12.1 Å². The van der Waals surface area contributed by atoms with Crippen molar-refractivity contribution in [2.24, 2.45) is 0 Å². The number of nitrogens with two attached hydrogens (primary N) is 2. The van der Waals surface area contributed by atoms with Gasteiger partial charge in [0.1, 0.15) is 28.7 Å². The highest BCUT2D eigenvalue weighted by Crippen LogP contribution is 2.25. The van der Waals surface area contributed by atoms with E-state index in [0.717, 1.165) is 6.07 Å². The maximum absolute atomic E-state index is 12.6. The van der Waals surface area contributed by atoms with E-state index in [2.05, 4.69) is 11.5 Å². The highest BCUT2D eigenvalue weighted by atomic mass is 19.4. The number of hydrogen-bond acceptors (Lipinski definition) is 4. The zero-order chi connectivity index (χ0) is 28.1.